The van der Waals surface area contributed by atoms with Crippen LogP contribution < -0.4 is 5.32 Å². The number of nitrogens with one attached hydrogen (secondary N) is 1. The molecule has 1 N–H and O–H groups in total. The summed E-state index contributed by atoms with van der Waals surface area (Å²) in [4.78, 5) is 0.900. The van der Waals surface area contributed by atoms with Crippen molar-refractivity contribution in [2.45, 2.75) is 13.0 Å². The molecule has 0 aliphatic heterocycles. The Balaban J connectivity index is 2.48. The Hall–Kier alpha value is -0.850. The van der Waals surface area contributed by atoms with E-state index in [4.69, 9.17) is 0 Å². The smallest absolute Gasteiger partial charge is 0.194 e. The lowest BCUT2D eigenvalue weighted by molar-refractivity contribution is 0.443. The summed E-state index contributed by atoms with van der Waals surface area (Å²) in [6.07, 6.45) is 0. The zero-order valence-electron chi connectivity index (χ0n) is 10.2. The lowest BCUT2D eigenvalue weighted by atomic mass is 10.0. The van der Waals surface area contributed by atoms with Crippen molar-refractivity contribution in [1.82, 2.24) is 5.32 Å². The van der Waals surface area contributed by atoms with Gasteiger partial charge in [0.2, 0.25) is 0 Å². The first-order valence-corrected chi connectivity index (χ1v) is 7.12. The van der Waals surface area contributed by atoms with Crippen LogP contribution in [0.15, 0.2) is 22.0 Å². The number of hydrogen-bond acceptors (Lipinski definition) is 2. The molecular formula is C13H11BrF3NS. The summed E-state index contributed by atoms with van der Waals surface area (Å²) in [6.45, 7) is 1.93. The first-order valence-electron chi connectivity index (χ1n) is 5.51. The van der Waals surface area contributed by atoms with Gasteiger partial charge < -0.3 is 5.32 Å². The van der Waals surface area contributed by atoms with Gasteiger partial charge in [-0.15, -0.1) is 11.3 Å². The van der Waals surface area contributed by atoms with Gasteiger partial charge in [-0.25, -0.2) is 13.2 Å². The second kappa shape index (κ2) is 5.64. The molecule has 0 radical (unpaired) electrons. The number of aryl methyl sites for hydroxylation is 1. The third kappa shape index (κ3) is 2.85. The molecule has 2 rings (SSSR count). The average molecular weight is 350 g/mol. The Bertz CT molecular complexity index is 569. The van der Waals surface area contributed by atoms with E-state index < -0.39 is 17.5 Å². The van der Waals surface area contributed by atoms with E-state index in [0.717, 1.165) is 26.4 Å². The van der Waals surface area contributed by atoms with Crippen LogP contribution in [0.25, 0.3) is 0 Å². The van der Waals surface area contributed by atoms with Crippen molar-refractivity contribution in [2.24, 2.45) is 0 Å². The third-order valence-electron chi connectivity index (χ3n) is 2.79. The van der Waals surface area contributed by atoms with Gasteiger partial charge in [-0.1, -0.05) is 0 Å². The fourth-order valence-corrected chi connectivity index (χ4v) is 3.55. The first-order chi connectivity index (χ1) is 8.93. The van der Waals surface area contributed by atoms with Gasteiger partial charge >= 0.3 is 0 Å². The van der Waals surface area contributed by atoms with Crippen LogP contribution in [0.1, 0.15) is 22.0 Å². The number of thiophene rings is 1. The molecule has 1 aromatic heterocycles. The molecule has 1 unspecified atom stereocenters. The maximum absolute atomic E-state index is 13.3. The second-order valence-corrected chi connectivity index (χ2v) is 6.53. The van der Waals surface area contributed by atoms with Crippen LogP contribution in [0.5, 0.6) is 0 Å². The molecule has 2 aromatic rings. The lowest BCUT2D eigenvalue weighted by Gasteiger charge is -2.15. The highest BCUT2D eigenvalue weighted by Gasteiger charge is 2.19. The number of halogens is 4. The Labute approximate surface area is 121 Å². The monoisotopic (exact) mass is 349 g/mol. The Morgan fingerprint density at radius 2 is 1.74 bits per heavy atom. The van der Waals surface area contributed by atoms with Crippen molar-refractivity contribution in [1.29, 1.82) is 0 Å². The van der Waals surface area contributed by atoms with Gasteiger partial charge in [-0.2, -0.15) is 0 Å². The highest BCUT2D eigenvalue weighted by molar-refractivity contribution is 9.11. The Morgan fingerprint density at radius 1 is 1.16 bits per heavy atom. The molecule has 0 amide bonds. The van der Waals surface area contributed by atoms with Gasteiger partial charge in [0.25, 0.3) is 0 Å². The zero-order valence-corrected chi connectivity index (χ0v) is 12.6. The molecule has 0 bridgehead atoms. The van der Waals surface area contributed by atoms with Crippen LogP contribution in [-0.2, 0) is 0 Å². The minimum absolute atomic E-state index is 0.354. The summed E-state index contributed by atoms with van der Waals surface area (Å²) in [5, 5.41) is 2.98. The summed E-state index contributed by atoms with van der Waals surface area (Å²) in [5.74, 6) is -3.80. The minimum atomic E-state index is -1.44. The molecular weight excluding hydrogens is 339 g/mol. The van der Waals surface area contributed by atoms with Crippen molar-refractivity contribution in [3.05, 3.63) is 55.4 Å². The SMILES string of the molecule is CNC(c1cc(F)c(F)c(F)c1)c1cc(C)c(Br)s1. The third-order valence-corrected chi connectivity index (χ3v) is 4.99. The molecule has 102 valence electrons. The fourth-order valence-electron chi connectivity index (χ4n) is 1.84. The highest BCUT2D eigenvalue weighted by Crippen LogP contribution is 2.34. The molecule has 1 atom stereocenters. The van der Waals surface area contributed by atoms with E-state index in [9.17, 15) is 13.2 Å². The normalized spacial score (nSPS) is 12.7. The van der Waals surface area contributed by atoms with Crippen molar-refractivity contribution < 1.29 is 13.2 Å². The number of benzene rings is 1. The van der Waals surface area contributed by atoms with Crippen LogP contribution in [0.4, 0.5) is 13.2 Å². The number of hydrogen-bond donors (Lipinski definition) is 1. The summed E-state index contributed by atoms with van der Waals surface area (Å²) in [5.41, 5.74) is 1.40. The van der Waals surface area contributed by atoms with Crippen LogP contribution >= 0.6 is 27.3 Å². The second-order valence-electron chi connectivity index (χ2n) is 4.13. The molecule has 0 aliphatic rings. The maximum Gasteiger partial charge on any atom is 0.194 e. The van der Waals surface area contributed by atoms with Crippen LogP contribution in [-0.4, -0.2) is 7.05 Å². The molecule has 1 aromatic carbocycles. The maximum atomic E-state index is 13.3. The van der Waals surface area contributed by atoms with Crippen molar-refractivity contribution in [2.75, 3.05) is 7.05 Å². The highest BCUT2D eigenvalue weighted by atomic mass is 79.9. The molecule has 0 aliphatic carbocycles. The molecule has 1 nitrogen and oxygen atoms in total. The van der Waals surface area contributed by atoms with E-state index in [0.29, 0.717) is 5.56 Å². The Morgan fingerprint density at radius 3 is 2.16 bits per heavy atom. The predicted octanol–water partition coefficient (Wildman–Crippen LogP) is 4.55. The lowest BCUT2D eigenvalue weighted by Crippen LogP contribution is -2.17. The predicted molar refractivity (Wildman–Crippen MR) is 74.0 cm³/mol. The molecule has 19 heavy (non-hydrogen) atoms. The van der Waals surface area contributed by atoms with Gasteiger partial charge in [0.05, 0.1) is 9.83 Å². The summed E-state index contributed by atoms with van der Waals surface area (Å²) in [6, 6.07) is 3.58. The fraction of sp³-hybridized carbons (Fsp3) is 0.231. The van der Waals surface area contributed by atoms with Crippen molar-refractivity contribution >= 4 is 27.3 Å². The Kier molecular flexibility index (Phi) is 4.32. The van der Waals surface area contributed by atoms with E-state index in [-0.39, 0.29) is 6.04 Å². The van der Waals surface area contributed by atoms with E-state index >= 15 is 0 Å². The number of rotatable bonds is 3. The van der Waals surface area contributed by atoms with E-state index in [1.807, 2.05) is 13.0 Å². The van der Waals surface area contributed by atoms with Crippen LogP contribution in [0.3, 0.4) is 0 Å². The molecule has 0 saturated heterocycles. The minimum Gasteiger partial charge on any atom is -0.309 e. The van der Waals surface area contributed by atoms with E-state index in [1.165, 1.54) is 11.3 Å². The first kappa shape index (κ1) is 14.6. The largest absolute Gasteiger partial charge is 0.309 e. The summed E-state index contributed by atoms with van der Waals surface area (Å²) in [7, 11) is 1.69. The van der Waals surface area contributed by atoms with Crippen LogP contribution in [0.2, 0.25) is 0 Å². The zero-order chi connectivity index (χ0) is 14.2. The standard InChI is InChI=1S/C13H11BrF3NS/c1-6-3-10(19-13(6)14)12(18-2)7-4-8(15)11(17)9(16)5-7/h3-5,12,18H,1-2H3. The van der Waals surface area contributed by atoms with Crippen LogP contribution in [0, 0.1) is 24.4 Å². The average Bonchev–Trinajstić information content (AvgIpc) is 2.67. The molecule has 0 saturated carbocycles. The van der Waals surface area contributed by atoms with E-state index in [2.05, 4.69) is 21.2 Å². The quantitative estimate of drug-likeness (QED) is 0.801. The van der Waals surface area contributed by atoms with E-state index in [1.54, 1.807) is 7.05 Å². The van der Waals surface area contributed by atoms with Crippen molar-refractivity contribution in [3.63, 3.8) is 0 Å². The molecule has 0 spiro atoms. The van der Waals surface area contributed by atoms with Gasteiger partial charge in [0.15, 0.2) is 17.5 Å². The topological polar surface area (TPSA) is 12.0 Å². The van der Waals surface area contributed by atoms with Gasteiger partial charge in [0.1, 0.15) is 0 Å². The summed E-state index contributed by atoms with van der Waals surface area (Å²) < 4.78 is 40.5. The molecule has 1 heterocycles. The summed E-state index contributed by atoms with van der Waals surface area (Å²) >= 11 is 4.88. The molecule has 0 fully saturated rings. The van der Waals surface area contributed by atoms with Gasteiger partial charge in [0, 0.05) is 4.88 Å². The van der Waals surface area contributed by atoms with Crippen molar-refractivity contribution in [3.8, 4) is 0 Å². The van der Waals surface area contributed by atoms with Gasteiger partial charge in [-0.3, -0.25) is 0 Å². The molecule has 6 heteroatoms. The van der Waals surface area contributed by atoms with Gasteiger partial charge in [-0.05, 0) is 59.2 Å².